The Hall–Kier alpha value is -3.21. The van der Waals surface area contributed by atoms with Gasteiger partial charge in [0.2, 0.25) is 0 Å². The lowest BCUT2D eigenvalue weighted by molar-refractivity contribution is 0.689. The molecule has 1 aliphatic heterocycles. The Bertz CT molecular complexity index is 1130. The van der Waals surface area contributed by atoms with Crippen molar-refractivity contribution in [3.05, 3.63) is 81.0 Å². The van der Waals surface area contributed by atoms with Gasteiger partial charge in [0, 0.05) is 19.0 Å². The number of benzene rings is 2. The first-order valence-electron chi connectivity index (χ1n) is 9.85. The van der Waals surface area contributed by atoms with E-state index in [0.29, 0.717) is 23.9 Å². The van der Waals surface area contributed by atoms with Crippen molar-refractivity contribution in [3.8, 4) is 11.8 Å². The van der Waals surface area contributed by atoms with Crippen LogP contribution < -0.4 is 16.5 Å². The highest BCUT2D eigenvalue weighted by atomic mass is 16.2. The smallest absolute Gasteiger partial charge is 0.274 e. The molecular weight excluding hydrogens is 364 g/mol. The van der Waals surface area contributed by atoms with Gasteiger partial charge in [-0.25, -0.2) is 4.79 Å². The van der Waals surface area contributed by atoms with Gasteiger partial charge in [0.05, 0.1) is 23.9 Å². The van der Waals surface area contributed by atoms with Crippen LogP contribution in [0.1, 0.15) is 40.9 Å². The lowest BCUT2D eigenvalue weighted by atomic mass is 9.93. The van der Waals surface area contributed by atoms with Crippen LogP contribution in [-0.2, 0) is 13.0 Å². The summed E-state index contributed by atoms with van der Waals surface area (Å²) in [5.41, 5.74) is 11.0. The van der Waals surface area contributed by atoms with Crippen molar-refractivity contribution in [3.63, 3.8) is 0 Å². The highest BCUT2D eigenvalue weighted by molar-refractivity contribution is 5.42. The zero-order chi connectivity index (χ0) is 20.4. The summed E-state index contributed by atoms with van der Waals surface area (Å²) in [6.07, 6.45) is 0.898. The number of aryl methyl sites for hydroxylation is 2. The lowest BCUT2D eigenvalue weighted by Gasteiger charge is -2.14. The minimum Gasteiger partial charge on any atom is -0.274 e. The first-order chi connectivity index (χ1) is 14.1. The number of nitrogens with zero attached hydrogens (tertiary/aromatic N) is 4. The molecule has 0 amide bonds. The maximum absolute atomic E-state index is 13.1. The Morgan fingerprint density at radius 2 is 2.00 bits per heavy atom. The van der Waals surface area contributed by atoms with Crippen molar-refractivity contribution in [2.45, 2.75) is 32.7 Å². The number of hydrazine groups is 1. The van der Waals surface area contributed by atoms with Crippen LogP contribution >= 0.6 is 0 Å². The van der Waals surface area contributed by atoms with E-state index in [1.165, 1.54) is 15.8 Å². The molecule has 0 unspecified atom stereocenters. The quantitative estimate of drug-likeness (QED) is 0.698. The van der Waals surface area contributed by atoms with E-state index >= 15 is 0 Å². The fourth-order valence-corrected chi connectivity index (χ4v) is 3.88. The molecule has 148 valence electrons. The van der Waals surface area contributed by atoms with E-state index in [1.54, 1.807) is 16.7 Å². The lowest BCUT2D eigenvalue weighted by Crippen LogP contribution is -2.25. The highest BCUT2D eigenvalue weighted by Gasteiger charge is 2.20. The predicted molar refractivity (Wildman–Crippen MR) is 111 cm³/mol. The largest absolute Gasteiger partial charge is 0.351 e. The summed E-state index contributed by atoms with van der Waals surface area (Å²) in [6, 6.07) is 15.6. The second kappa shape index (κ2) is 8.03. The van der Waals surface area contributed by atoms with Gasteiger partial charge in [0.15, 0.2) is 0 Å². The van der Waals surface area contributed by atoms with Crippen molar-refractivity contribution >= 4 is 0 Å². The number of rotatable bonds is 5. The molecule has 0 bridgehead atoms. The second-order valence-electron chi connectivity index (χ2n) is 7.34. The monoisotopic (exact) mass is 388 g/mol. The van der Waals surface area contributed by atoms with Crippen molar-refractivity contribution in [2.75, 3.05) is 13.1 Å². The number of nitrogens with one attached hydrogen (secondary N) is 2. The number of nitriles is 1. The normalized spacial score (nSPS) is 14.2. The topological polar surface area (TPSA) is 87.7 Å². The van der Waals surface area contributed by atoms with Crippen molar-refractivity contribution < 1.29 is 0 Å². The Morgan fingerprint density at radius 3 is 2.72 bits per heavy atom. The Balaban J connectivity index is 1.68. The molecule has 2 aromatic carbocycles. The molecule has 0 atom stereocenters. The van der Waals surface area contributed by atoms with Gasteiger partial charge in [0.1, 0.15) is 5.82 Å². The zero-order valence-corrected chi connectivity index (χ0v) is 16.6. The molecule has 1 aliphatic rings. The number of hydrogen-bond donors (Lipinski definition) is 2. The second-order valence-corrected chi connectivity index (χ2v) is 7.34. The van der Waals surface area contributed by atoms with Gasteiger partial charge in [-0.1, -0.05) is 25.1 Å². The SMILES string of the molecule is CCc1cc(-n2nc(C)n(Cc3cccc(C#N)c3)c2=O)ccc1C1CNNC1. The molecule has 0 radical (unpaired) electrons. The summed E-state index contributed by atoms with van der Waals surface area (Å²) < 4.78 is 3.11. The van der Waals surface area contributed by atoms with Crippen LogP contribution in [-0.4, -0.2) is 27.4 Å². The first kappa shape index (κ1) is 19.1. The van der Waals surface area contributed by atoms with E-state index in [9.17, 15) is 4.79 Å². The molecular formula is C22H24N6O. The van der Waals surface area contributed by atoms with Gasteiger partial charge in [-0.05, 0) is 54.3 Å². The molecule has 0 saturated carbocycles. The van der Waals surface area contributed by atoms with Crippen molar-refractivity contribution in [1.82, 2.24) is 25.2 Å². The minimum absolute atomic E-state index is 0.177. The Kier molecular flexibility index (Phi) is 5.30. The van der Waals surface area contributed by atoms with Crippen LogP contribution in [0.2, 0.25) is 0 Å². The van der Waals surface area contributed by atoms with E-state index in [0.717, 1.165) is 30.8 Å². The molecule has 1 saturated heterocycles. The van der Waals surface area contributed by atoms with E-state index in [2.05, 4.69) is 41.1 Å². The average molecular weight is 388 g/mol. The Morgan fingerprint density at radius 1 is 1.21 bits per heavy atom. The van der Waals surface area contributed by atoms with Crippen LogP contribution in [0.15, 0.2) is 47.3 Å². The summed E-state index contributed by atoms with van der Waals surface area (Å²) in [7, 11) is 0. The molecule has 1 fully saturated rings. The molecule has 3 aromatic rings. The number of hydrogen-bond acceptors (Lipinski definition) is 5. The first-order valence-corrected chi connectivity index (χ1v) is 9.85. The molecule has 1 aromatic heterocycles. The molecule has 7 nitrogen and oxygen atoms in total. The predicted octanol–water partition coefficient (Wildman–Crippen LogP) is 2.02. The molecule has 29 heavy (non-hydrogen) atoms. The van der Waals surface area contributed by atoms with E-state index in [4.69, 9.17) is 5.26 Å². The van der Waals surface area contributed by atoms with Gasteiger partial charge in [-0.3, -0.25) is 15.4 Å². The maximum atomic E-state index is 13.1. The molecule has 0 aliphatic carbocycles. The van der Waals surface area contributed by atoms with Gasteiger partial charge < -0.3 is 0 Å². The van der Waals surface area contributed by atoms with E-state index in [-0.39, 0.29) is 5.69 Å². The third kappa shape index (κ3) is 3.73. The summed E-state index contributed by atoms with van der Waals surface area (Å²) >= 11 is 0. The van der Waals surface area contributed by atoms with Crippen LogP contribution in [0.25, 0.3) is 5.69 Å². The molecule has 2 heterocycles. The molecule has 4 rings (SSSR count). The van der Waals surface area contributed by atoms with Crippen LogP contribution in [0.3, 0.4) is 0 Å². The highest BCUT2D eigenvalue weighted by Crippen LogP contribution is 2.24. The Labute approximate surface area is 169 Å². The molecule has 7 heteroatoms. The summed E-state index contributed by atoms with van der Waals surface area (Å²) in [6.45, 7) is 6.16. The van der Waals surface area contributed by atoms with E-state index in [1.807, 2.05) is 25.1 Å². The third-order valence-electron chi connectivity index (χ3n) is 5.46. The fraction of sp³-hybridized carbons (Fsp3) is 0.318. The zero-order valence-electron chi connectivity index (χ0n) is 16.6. The van der Waals surface area contributed by atoms with Crippen molar-refractivity contribution in [2.24, 2.45) is 0 Å². The van der Waals surface area contributed by atoms with E-state index < -0.39 is 0 Å². The standard InChI is InChI=1S/C22H24N6O/c1-3-18-10-20(7-8-21(18)19-12-24-25-13-19)28-22(29)27(15(2)26-28)14-17-6-4-5-16(9-17)11-23/h4-10,19,24-25H,3,12-14H2,1-2H3. The summed E-state index contributed by atoms with van der Waals surface area (Å²) in [5, 5.41) is 13.6. The molecule has 0 spiro atoms. The average Bonchev–Trinajstić information content (AvgIpc) is 3.38. The minimum atomic E-state index is -0.177. The summed E-state index contributed by atoms with van der Waals surface area (Å²) in [5.74, 6) is 1.08. The van der Waals surface area contributed by atoms with Crippen LogP contribution in [0.4, 0.5) is 0 Å². The number of aromatic nitrogens is 3. The molecule has 2 N–H and O–H groups in total. The van der Waals surface area contributed by atoms with Crippen molar-refractivity contribution in [1.29, 1.82) is 5.26 Å². The van der Waals surface area contributed by atoms with Gasteiger partial charge >= 0.3 is 5.69 Å². The van der Waals surface area contributed by atoms with Crippen LogP contribution in [0.5, 0.6) is 0 Å². The fourth-order valence-electron chi connectivity index (χ4n) is 3.88. The third-order valence-corrected chi connectivity index (χ3v) is 5.46. The maximum Gasteiger partial charge on any atom is 0.351 e. The van der Waals surface area contributed by atoms with Gasteiger partial charge in [-0.2, -0.15) is 15.0 Å². The van der Waals surface area contributed by atoms with Gasteiger partial charge in [0.25, 0.3) is 0 Å². The summed E-state index contributed by atoms with van der Waals surface area (Å²) in [4.78, 5) is 13.1. The van der Waals surface area contributed by atoms with Gasteiger partial charge in [-0.15, -0.1) is 0 Å². The van der Waals surface area contributed by atoms with Crippen LogP contribution in [0, 0.1) is 18.3 Å².